The molecule has 2 rings (SSSR count). The molecule has 1 aromatic heterocycles. The minimum atomic E-state index is -0.310. The first-order valence-electron chi connectivity index (χ1n) is 4.07. The third-order valence-electron chi connectivity index (χ3n) is 2.20. The van der Waals surface area contributed by atoms with Crippen molar-refractivity contribution in [3.05, 3.63) is 44.4 Å². The maximum atomic E-state index is 13.1. The number of aryl methyl sites for hydroxylation is 1. The number of nitrogens with one attached hydrogen (secondary N) is 1. The van der Waals surface area contributed by atoms with Crippen molar-refractivity contribution >= 4 is 26.8 Å². The van der Waals surface area contributed by atoms with Crippen LogP contribution in [0.15, 0.2) is 27.6 Å². The number of fused-ring (bicyclic) bond motifs is 1. The predicted octanol–water partition coefficient (Wildman–Crippen LogP) is 2.74. The van der Waals surface area contributed by atoms with Crippen LogP contribution in [-0.4, -0.2) is 4.98 Å². The van der Waals surface area contributed by atoms with E-state index in [4.69, 9.17) is 0 Å². The van der Waals surface area contributed by atoms with Gasteiger partial charge >= 0.3 is 0 Å². The maximum absolute atomic E-state index is 13.1. The number of aromatic amines is 1. The van der Waals surface area contributed by atoms with Crippen LogP contribution in [0.3, 0.4) is 0 Å². The van der Waals surface area contributed by atoms with Crippen LogP contribution < -0.4 is 5.43 Å². The monoisotopic (exact) mass is 255 g/mol. The van der Waals surface area contributed by atoms with E-state index >= 15 is 0 Å². The standard InChI is InChI=1S/C10H7BrFNO/c1-5-8(12)3-2-6-9(5)13-4-7(11)10(6)14/h2-4H,1H3,(H,13,14). The average Bonchev–Trinajstić information content (AvgIpc) is 2.17. The van der Waals surface area contributed by atoms with Gasteiger partial charge in [0.25, 0.3) is 0 Å². The van der Waals surface area contributed by atoms with Crippen LogP contribution in [-0.2, 0) is 0 Å². The number of H-pyrrole nitrogens is 1. The van der Waals surface area contributed by atoms with Crippen molar-refractivity contribution < 1.29 is 4.39 Å². The van der Waals surface area contributed by atoms with Crippen LogP contribution in [0.25, 0.3) is 10.9 Å². The van der Waals surface area contributed by atoms with E-state index in [0.717, 1.165) is 0 Å². The summed E-state index contributed by atoms with van der Waals surface area (Å²) in [5.74, 6) is -0.310. The molecular weight excluding hydrogens is 249 g/mol. The van der Waals surface area contributed by atoms with Crippen LogP contribution in [0.2, 0.25) is 0 Å². The van der Waals surface area contributed by atoms with Gasteiger partial charge in [-0.2, -0.15) is 0 Å². The third kappa shape index (κ3) is 1.26. The van der Waals surface area contributed by atoms with E-state index in [1.54, 1.807) is 6.92 Å². The van der Waals surface area contributed by atoms with Crippen LogP contribution in [0.1, 0.15) is 5.56 Å². The normalized spacial score (nSPS) is 10.8. The highest BCUT2D eigenvalue weighted by molar-refractivity contribution is 9.10. The summed E-state index contributed by atoms with van der Waals surface area (Å²) in [5.41, 5.74) is 0.896. The second-order valence-corrected chi connectivity index (χ2v) is 3.92. The van der Waals surface area contributed by atoms with Gasteiger partial charge in [-0.25, -0.2) is 4.39 Å². The van der Waals surface area contributed by atoms with Gasteiger partial charge in [-0.15, -0.1) is 0 Å². The number of pyridine rings is 1. The molecule has 0 bridgehead atoms. The molecule has 0 spiro atoms. The average molecular weight is 256 g/mol. The molecule has 1 heterocycles. The minimum absolute atomic E-state index is 0.123. The second-order valence-electron chi connectivity index (χ2n) is 3.06. The molecule has 0 aliphatic heterocycles. The summed E-state index contributed by atoms with van der Waals surface area (Å²) >= 11 is 3.12. The number of halogens is 2. The van der Waals surface area contributed by atoms with E-state index in [2.05, 4.69) is 20.9 Å². The molecule has 0 radical (unpaired) electrons. The summed E-state index contributed by atoms with van der Waals surface area (Å²) in [5, 5.41) is 0.498. The number of benzene rings is 1. The van der Waals surface area contributed by atoms with Crippen molar-refractivity contribution in [2.75, 3.05) is 0 Å². The molecule has 0 atom stereocenters. The molecule has 0 saturated carbocycles. The highest BCUT2D eigenvalue weighted by Crippen LogP contribution is 2.17. The van der Waals surface area contributed by atoms with Gasteiger partial charge in [-0.05, 0) is 35.0 Å². The zero-order valence-electron chi connectivity index (χ0n) is 7.40. The Morgan fingerprint density at radius 3 is 2.86 bits per heavy atom. The Hall–Kier alpha value is -1.16. The van der Waals surface area contributed by atoms with Gasteiger partial charge < -0.3 is 4.98 Å². The lowest BCUT2D eigenvalue weighted by Crippen LogP contribution is -2.04. The lowest BCUT2D eigenvalue weighted by atomic mass is 10.1. The van der Waals surface area contributed by atoms with Crippen LogP contribution >= 0.6 is 15.9 Å². The van der Waals surface area contributed by atoms with E-state index < -0.39 is 0 Å². The van der Waals surface area contributed by atoms with Crippen molar-refractivity contribution in [3.63, 3.8) is 0 Å². The molecule has 2 nitrogen and oxygen atoms in total. The summed E-state index contributed by atoms with van der Waals surface area (Å²) < 4.78 is 13.6. The smallest absolute Gasteiger partial charge is 0.203 e. The largest absolute Gasteiger partial charge is 0.360 e. The molecular formula is C10H7BrFNO. The van der Waals surface area contributed by atoms with Gasteiger partial charge in [0.1, 0.15) is 5.82 Å². The molecule has 2 aromatic rings. The lowest BCUT2D eigenvalue weighted by Gasteiger charge is -2.02. The first-order valence-corrected chi connectivity index (χ1v) is 4.86. The van der Waals surface area contributed by atoms with Crippen molar-refractivity contribution in [2.45, 2.75) is 6.92 Å². The minimum Gasteiger partial charge on any atom is -0.360 e. The predicted molar refractivity (Wildman–Crippen MR) is 57.0 cm³/mol. The highest BCUT2D eigenvalue weighted by atomic mass is 79.9. The summed E-state index contributed by atoms with van der Waals surface area (Å²) in [6, 6.07) is 2.79. The number of aromatic nitrogens is 1. The molecule has 0 unspecified atom stereocenters. The zero-order valence-corrected chi connectivity index (χ0v) is 8.98. The second kappa shape index (κ2) is 3.20. The molecule has 1 N–H and O–H groups in total. The van der Waals surface area contributed by atoms with Crippen molar-refractivity contribution in [3.8, 4) is 0 Å². The van der Waals surface area contributed by atoms with E-state index in [9.17, 15) is 9.18 Å². The summed E-state index contributed by atoms with van der Waals surface area (Å²) in [7, 11) is 0. The van der Waals surface area contributed by atoms with Crippen LogP contribution in [0, 0.1) is 12.7 Å². The molecule has 0 fully saturated rings. The lowest BCUT2D eigenvalue weighted by molar-refractivity contribution is 0.620. The van der Waals surface area contributed by atoms with E-state index in [1.807, 2.05) is 0 Å². The first-order chi connectivity index (χ1) is 6.61. The van der Waals surface area contributed by atoms with Crippen molar-refractivity contribution in [1.82, 2.24) is 4.98 Å². The Labute approximate surface area is 87.9 Å². The summed E-state index contributed by atoms with van der Waals surface area (Å²) in [6.07, 6.45) is 1.52. The molecule has 0 saturated heterocycles. The fraction of sp³-hybridized carbons (Fsp3) is 0.100. The van der Waals surface area contributed by atoms with Gasteiger partial charge in [0.15, 0.2) is 0 Å². The highest BCUT2D eigenvalue weighted by Gasteiger charge is 2.07. The Kier molecular flexibility index (Phi) is 2.15. The maximum Gasteiger partial charge on any atom is 0.203 e. The van der Waals surface area contributed by atoms with Gasteiger partial charge in [0.2, 0.25) is 5.43 Å². The Bertz CT molecular complexity index is 562. The van der Waals surface area contributed by atoms with E-state index in [0.29, 0.717) is 20.9 Å². The number of rotatable bonds is 0. The molecule has 1 aromatic carbocycles. The van der Waals surface area contributed by atoms with E-state index in [-0.39, 0.29) is 11.2 Å². The molecule has 14 heavy (non-hydrogen) atoms. The summed E-state index contributed by atoms with van der Waals surface area (Å²) in [4.78, 5) is 14.5. The van der Waals surface area contributed by atoms with E-state index in [1.165, 1.54) is 18.3 Å². The Morgan fingerprint density at radius 1 is 1.43 bits per heavy atom. The fourth-order valence-electron chi connectivity index (χ4n) is 1.39. The Morgan fingerprint density at radius 2 is 2.14 bits per heavy atom. The third-order valence-corrected chi connectivity index (χ3v) is 2.79. The molecule has 0 aliphatic rings. The zero-order chi connectivity index (χ0) is 10.3. The van der Waals surface area contributed by atoms with Gasteiger partial charge in [0, 0.05) is 17.1 Å². The summed E-state index contributed by atoms with van der Waals surface area (Å²) in [6.45, 7) is 1.64. The molecule has 72 valence electrons. The molecule has 4 heteroatoms. The topological polar surface area (TPSA) is 32.9 Å². The first kappa shape index (κ1) is 9.40. The number of hydrogen-bond donors (Lipinski definition) is 1. The van der Waals surface area contributed by atoms with Gasteiger partial charge in [-0.3, -0.25) is 4.79 Å². The van der Waals surface area contributed by atoms with Crippen LogP contribution in [0.4, 0.5) is 4.39 Å². The van der Waals surface area contributed by atoms with Crippen molar-refractivity contribution in [2.24, 2.45) is 0 Å². The Balaban J connectivity index is 3.02. The van der Waals surface area contributed by atoms with Crippen LogP contribution in [0.5, 0.6) is 0 Å². The number of hydrogen-bond acceptors (Lipinski definition) is 1. The molecule has 0 amide bonds. The SMILES string of the molecule is Cc1c(F)ccc2c(=O)c(Br)c[nH]c12. The molecule has 0 aliphatic carbocycles. The van der Waals surface area contributed by atoms with Crippen molar-refractivity contribution in [1.29, 1.82) is 0 Å². The van der Waals surface area contributed by atoms with Gasteiger partial charge in [0.05, 0.1) is 9.99 Å². The quantitative estimate of drug-likeness (QED) is 0.772. The van der Waals surface area contributed by atoms with Gasteiger partial charge in [-0.1, -0.05) is 0 Å². The fourth-order valence-corrected chi connectivity index (χ4v) is 1.72.